The molecule has 128 valence electrons. The summed E-state index contributed by atoms with van der Waals surface area (Å²) in [7, 11) is 3.80. The zero-order valence-electron chi connectivity index (χ0n) is 13.7. The minimum absolute atomic E-state index is 0.178. The maximum absolute atomic E-state index is 13.4. The van der Waals surface area contributed by atoms with Crippen molar-refractivity contribution in [3.63, 3.8) is 0 Å². The number of rotatable bonds is 6. The second-order valence-electron chi connectivity index (χ2n) is 5.58. The van der Waals surface area contributed by atoms with Crippen molar-refractivity contribution >= 4 is 27.7 Å². The first-order chi connectivity index (χ1) is 11.3. The molecule has 1 heterocycles. The van der Waals surface area contributed by atoms with Gasteiger partial charge in [-0.3, -0.25) is 4.79 Å². The average Bonchev–Trinajstić information content (AvgIpc) is 2.51. The quantitative estimate of drug-likeness (QED) is 0.755. The molecule has 0 saturated heterocycles. The van der Waals surface area contributed by atoms with Gasteiger partial charge in [0.2, 0.25) is 5.91 Å². The van der Waals surface area contributed by atoms with E-state index in [2.05, 4.69) is 26.2 Å². The van der Waals surface area contributed by atoms with Crippen LogP contribution in [-0.2, 0) is 11.3 Å². The Morgan fingerprint density at radius 2 is 2.12 bits per heavy atom. The number of anilines is 1. The Morgan fingerprint density at radius 3 is 2.71 bits per heavy atom. The predicted molar refractivity (Wildman–Crippen MR) is 95.1 cm³/mol. The van der Waals surface area contributed by atoms with Gasteiger partial charge < -0.3 is 15.0 Å². The van der Waals surface area contributed by atoms with E-state index in [4.69, 9.17) is 4.74 Å². The molecule has 0 aliphatic heterocycles. The topological polar surface area (TPSA) is 54.5 Å². The molecule has 1 aromatic heterocycles. The highest BCUT2D eigenvalue weighted by Crippen LogP contribution is 2.27. The van der Waals surface area contributed by atoms with Crippen molar-refractivity contribution in [2.75, 3.05) is 19.4 Å². The lowest BCUT2D eigenvalue weighted by Gasteiger charge is -2.15. The van der Waals surface area contributed by atoms with E-state index in [1.54, 1.807) is 25.1 Å². The van der Waals surface area contributed by atoms with Crippen molar-refractivity contribution in [1.82, 2.24) is 9.88 Å². The number of hydrogen-bond acceptors (Lipinski definition) is 4. The van der Waals surface area contributed by atoms with E-state index in [-0.39, 0.29) is 16.6 Å². The van der Waals surface area contributed by atoms with Crippen molar-refractivity contribution in [2.24, 2.45) is 0 Å². The molecule has 1 N–H and O–H groups in total. The van der Waals surface area contributed by atoms with Crippen molar-refractivity contribution < 1.29 is 13.9 Å². The van der Waals surface area contributed by atoms with E-state index in [9.17, 15) is 9.18 Å². The summed E-state index contributed by atoms with van der Waals surface area (Å²) in [6.45, 7) is 2.28. The summed E-state index contributed by atoms with van der Waals surface area (Å²) in [6, 6.07) is 7.75. The second-order valence-corrected chi connectivity index (χ2v) is 6.95. The fraction of sp³-hybridized carbons (Fsp3) is 0.294. The fourth-order valence-corrected chi connectivity index (χ4v) is 2.09. The van der Waals surface area contributed by atoms with Gasteiger partial charge in [-0.25, -0.2) is 9.37 Å². The van der Waals surface area contributed by atoms with Crippen LogP contribution in [0, 0.1) is 5.82 Å². The van der Waals surface area contributed by atoms with Crippen LogP contribution in [0.5, 0.6) is 11.5 Å². The Bertz CT molecular complexity index is 705. The van der Waals surface area contributed by atoms with Crippen LogP contribution in [0.25, 0.3) is 0 Å². The van der Waals surface area contributed by atoms with Crippen LogP contribution in [-0.4, -0.2) is 34.7 Å². The predicted octanol–water partition coefficient (Wildman–Crippen LogP) is 3.80. The third-order valence-corrected chi connectivity index (χ3v) is 3.50. The van der Waals surface area contributed by atoms with Gasteiger partial charge in [0.05, 0.1) is 11.0 Å². The number of ether oxygens (including phenoxy) is 1. The molecule has 7 heteroatoms. The number of nitrogens with one attached hydrogen (secondary N) is 1. The molecule has 0 aliphatic carbocycles. The van der Waals surface area contributed by atoms with Gasteiger partial charge in [-0.05, 0) is 51.4 Å². The number of pyridine rings is 1. The van der Waals surface area contributed by atoms with E-state index in [0.717, 1.165) is 5.56 Å². The standard InChI is InChI=1S/C17H19BrFN3O2/c1-11(18)17(23)21-16-7-5-14(9-20-16)24-15-6-4-13(19)8-12(15)10-22(2)3/h4-9,11H,10H2,1-3H3,(H,20,21,23). The summed E-state index contributed by atoms with van der Waals surface area (Å²) < 4.78 is 19.2. The Labute approximate surface area is 149 Å². The van der Waals surface area contributed by atoms with Gasteiger partial charge in [-0.15, -0.1) is 0 Å². The summed E-state index contributed by atoms with van der Waals surface area (Å²) in [5.41, 5.74) is 0.741. The van der Waals surface area contributed by atoms with E-state index in [1.807, 2.05) is 19.0 Å². The molecule has 5 nitrogen and oxygen atoms in total. The van der Waals surface area contributed by atoms with Crippen molar-refractivity contribution in [1.29, 1.82) is 0 Å². The molecule has 1 aromatic carbocycles. The van der Waals surface area contributed by atoms with E-state index in [1.165, 1.54) is 18.3 Å². The highest BCUT2D eigenvalue weighted by atomic mass is 79.9. The molecule has 2 rings (SSSR count). The summed E-state index contributed by atoms with van der Waals surface area (Å²) in [6.07, 6.45) is 1.51. The van der Waals surface area contributed by atoms with Crippen molar-refractivity contribution in [3.8, 4) is 11.5 Å². The molecule has 1 atom stereocenters. The third kappa shape index (κ3) is 5.28. The monoisotopic (exact) mass is 395 g/mol. The van der Waals surface area contributed by atoms with Crippen molar-refractivity contribution in [3.05, 3.63) is 47.9 Å². The summed E-state index contributed by atoms with van der Waals surface area (Å²) in [5, 5.41) is 2.67. The van der Waals surface area contributed by atoms with Crippen LogP contribution >= 0.6 is 15.9 Å². The van der Waals surface area contributed by atoms with Crippen LogP contribution in [0.2, 0.25) is 0 Å². The Balaban J connectivity index is 2.12. The van der Waals surface area contributed by atoms with Gasteiger partial charge in [0.15, 0.2) is 0 Å². The lowest BCUT2D eigenvalue weighted by molar-refractivity contribution is -0.115. The number of hydrogen-bond donors (Lipinski definition) is 1. The molecule has 0 saturated carbocycles. The van der Waals surface area contributed by atoms with E-state index < -0.39 is 0 Å². The molecule has 1 amide bonds. The Kier molecular flexibility index (Phi) is 6.28. The first-order valence-electron chi connectivity index (χ1n) is 7.37. The Morgan fingerprint density at radius 1 is 1.38 bits per heavy atom. The van der Waals surface area contributed by atoms with Gasteiger partial charge in [-0.1, -0.05) is 15.9 Å². The fourth-order valence-electron chi connectivity index (χ4n) is 1.98. The number of amides is 1. The summed E-state index contributed by atoms with van der Waals surface area (Å²) in [5.74, 6) is 1.03. The number of nitrogens with zero attached hydrogens (tertiary/aromatic N) is 2. The molecular weight excluding hydrogens is 377 g/mol. The highest BCUT2D eigenvalue weighted by Gasteiger charge is 2.11. The number of carbonyl (C=O) groups is 1. The molecule has 0 fully saturated rings. The van der Waals surface area contributed by atoms with Crippen LogP contribution < -0.4 is 10.1 Å². The SMILES string of the molecule is CC(Br)C(=O)Nc1ccc(Oc2ccc(F)cc2CN(C)C)cn1. The van der Waals surface area contributed by atoms with Gasteiger partial charge >= 0.3 is 0 Å². The molecule has 1 unspecified atom stereocenters. The Hall–Kier alpha value is -1.99. The van der Waals surface area contributed by atoms with Gasteiger partial charge in [-0.2, -0.15) is 0 Å². The molecule has 24 heavy (non-hydrogen) atoms. The second kappa shape index (κ2) is 8.21. The lowest BCUT2D eigenvalue weighted by Crippen LogP contribution is -2.20. The zero-order valence-corrected chi connectivity index (χ0v) is 15.3. The average molecular weight is 396 g/mol. The number of alkyl halides is 1. The first-order valence-corrected chi connectivity index (χ1v) is 8.28. The van der Waals surface area contributed by atoms with E-state index >= 15 is 0 Å². The lowest BCUT2D eigenvalue weighted by atomic mass is 10.2. The largest absolute Gasteiger partial charge is 0.455 e. The van der Waals surface area contributed by atoms with Crippen molar-refractivity contribution in [2.45, 2.75) is 18.3 Å². The normalized spacial score (nSPS) is 12.1. The van der Waals surface area contributed by atoms with Gasteiger partial charge in [0.25, 0.3) is 0 Å². The number of halogens is 2. The van der Waals surface area contributed by atoms with Gasteiger partial charge in [0, 0.05) is 12.1 Å². The number of carbonyl (C=O) groups excluding carboxylic acids is 1. The maximum Gasteiger partial charge on any atom is 0.239 e. The maximum atomic E-state index is 13.4. The summed E-state index contributed by atoms with van der Waals surface area (Å²) >= 11 is 3.19. The molecule has 0 bridgehead atoms. The number of aromatic nitrogens is 1. The van der Waals surface area contributed by atoms with E-state index in [0.29, 0.717) is 23.9 Å². The smallest absolute Gasteiger partial charge is 0.239 e. The summed E-state index contributed by atoms with van der Waals surface area (Å²) in [4.78, 5) is 17.4. The van der Waals surface area contributed by atoms with Crippen LogP contribution in [0.4, 0.5) is 10.2 Å². The third-order valence-electron chi connectivity index (χ3n) is 3.09. The van der Waals surface area contributed by atoms with Crippen LogP contribution in [0.15, 0.2) is 36.5 Å². The van der Waals surface area contributed by atoms with Gasteiger partial charge in [0.1, 0.15) is 23.1 Å². The molecule has 0 spiro atoms. The van der Waals surface area contributed by atoms with Crippen LogP contribution in [0.3, 0.4) is 0 Å². The number of benzene rings is 1. The molecular formula is C17H19BrFN3O2. The highest BCUT2D eigenvalue weighted by molar-refractivity contribution is 9.10. The minimum Gasteiger partial charge on any atom is -0.455 e. The molecule has 0 aliphatic rings. The zero-order chi connectivity index (χ0) is 17.7. The minimum atomic E-state index is -0.306. The first kappa shape index (κ1) is 18.4. The molecule has 0 radical (unpaired) electrons. The molecule has 2 aromatic rings. The van der Waals surface area contributed by atoms with Crippen LogP contribution in [0.1, 0.15) is 12.5 Å².